The quantitative estimate of drug-likeness (QED) is 0.538. The van der Waals surface area contributed by atoms with Crippen LogP contribution in [0.15, 0.2) is 12.0 Å². The number of rotatable bonds is 4. The fraction of sp³-hybridized carbons (Fsp3) is 0.333. The molecule has 0 heterocycles. The largest absolute Gasteiger partial charge is 0.198 e. The third-order valence-corrected chi connectivity index (χ3v) is 1.30. The lowest BCUT2D eigenvalue weighted by atomic mass is 10.4. The molecule has 0 saturated heterocycles. The molecular formula is C6H8NS. The van der Waals surface area contributed by atoms with E-state index in [0.29, 0.717) is 0 Å². The van der Waals surface area contributed by atoms with Crippen molar-refractivity contribution in [2.24, 2.45) is 0 Å². The van der Waals surface area contributed by atoms with Gasteiger partial charge in [0.2, 0.25) is 0 Å². The Morgan fingerprint density at radius 2 is 2.50 bits per heavy atom. The Bertz CT molecular complexity index is 93.2. The van der Waals surface area contributed by atoms with Crippen molar-refractivity contribution in [2.75, 3.05) is 5.75 Å². The van der Waals surface area contributed by atoms with Crippen molar-refractivity contribution >= 4 is 11.8 Å². The lowest BCUT2D eigenvalue weighted by molar-refractivity contribution is 1.17. The van der Waals surface area contributed by atoms with Crippen LogP contribution >= 0.6 is 11.8 Å². The molecule has 0 saturated carbocycles. The predicted molar refractivity (Wildman–Crippen MR) is 37.2 cm³/mol. The first-order valence-corrected chi connectivity index (χ1v) is 3.40. The minimum absolute atomic E-state index is 0.854. The molecule has 43 valence electrons. The normalized spacial score (nSPS) is 7.88. The molecule has 0 aliphatic carbocycles. The van der Waals surface area contributed by atoms with Crippen molar-refractivity contribution in [1.29, 1.82) is 5.26 Å². The van der Waals surface area contributed by atoms with Gasteiger partial charge in [-0.1, -0.05) is 6.58 Å². The first-order chi connectivity index (χ1) is 3.91. The molecule has 1 radical (unpaired) electrons. The molecule has 0 aliphatic rings. The summed E-state index contributed by atoms with van der Waals surface area (Å²) in [4.78, 5) is 0. The van der Waals surface area contributed by atoms with E-state index in [4.69, 9.17) is 5.26 Å². The average molecular weight is 126 g/mol. The van der Waals surface area contributed by atoms with Crippen LogP contribution in [-0.4, -0.2) is 5.75 Å². The van der Waals surface area contributed by atoms with E-state index in [2.05, 4.69) is 6.58 Å². The Morgan fingerprint density at radius 1 is 1.75 bits per heavy atom. The summed E-state index contributed by atoms with van der Waals surface area (Å²) in [5.41, 5.74) is 0. The summed E-state index contributed by atoms with van der Waals surface area (Å²) in [7, 11) is 0. The highest BCUT2D eigenvalue weighted by Crippen LogP contribution is 2.02. The molecule has 0 bridgehead atoms. The molecule has 0 aliphatic heterocycles. The highest BCUT2D eigenvalue weighted by molar-refractivity contribution is 8.02. The van der Waals surface area contributed by atoms with Crippen LogP contribution in [0.5, 0.6) is 0 Å². The zero-order chi connectivity index (χ0) is 6.24. The number of unbranched alkanes of at least 4 members (excludes halogenated alkanes) is 1. The first kappa shape index (κ1) is 7.58. The number of thioether (sulfide) groups is 1. The van der Waals surface area contributed by atoms with Gasteiger partial charge in [0.25, 0.3) is 0 Å². The Morgan fingerprint density at radius 3 is 3.00 bits per heavy atom. The minimum Gasteiger partial charge on any atom is -0.198 e. The Hall–Kier alpha value is -0.420. The number of hydrogen-bond donors (Lipinski definition) is 0. The van der Waals surface area contributed by atoms with Crippen molar-refractivity contribution in [3.63, 3.8) is 0 Å². The van der Waals surface area contributed by atoms with Crippen LogP contribution < -0.4 is 0 Å². The van der Waals surface area contributed by atoms with Gasteiger partial charge in [-0.05, 0) is 17.6 Å². The SMILES string of the molecule is C=CSCC[CH]C#N. The molecule has 0 amide bonds. The highest BCUT2D eigenvalue weighted by atomic mass is 32.2. The smallest absolute Gasteiger partial charge is 0.0669 e. The van der Waals surface area contributed by atoms with Crippen LogP contribution in [0, 0.1) is 17.8 Å². The van der Waals surface area contributed by atoms with E-state index >= 15 is 0 Å². The van der Waals surface area contributed by atoms with E-state index in [1.54, 1.807) is 23.6 Å². The van der Waals surface area contributed by atoms with Crippen molar-refractivity contribution in [3.05, 3.63) is 18.4 Å². The third kappa shape index (κ3) is 5.58. The molecule has 0 fully saturated rings. The Kier molecular flexibility index (Phi) is 6.23. The molecule has 0 aromatic carbocycles. The molecule has 8 heavy (non-hydrogen) atoms. The van der Waals surface area contributed by atoms with Gasteiger partial charge < -0.3 is 0 Å². The molecule has 2 heteroatoms. The number of hydrogen-bond acceptors (Lipinski definition) is 2. The Balaban J connectivity index is 2.74. The van der Waals surface area contributed by atoms with E-state index < -0.39 is 0 Å². The molecule has 1 nitrogen and oxygen atoms in total. The fourth-order valence-electron chi connectivity index (χ4n) is 0.275. The maximum Gasteiger partial charge on any atom is 0.0669 e. The van der Waals surface area contributed by atoms with E-state index in [1.165, 1.54) is 0 Å². The summed E-state index contributed by atoms with van der Waals surface area (Å²) >= 11 is 1.63. The van der Waals surface area contributed by atoms with E-state index in [0.717, 1.165) is 12.2 Å². The van der Waals surface area contributed by atoms with Crippen molar-refractivity contribution in [2.45, 2.75) is 6.42 Å². The van der Waals surface area contributed by atoms with Crippen molar-refractivity contribution < 1.29 is 0 Å². The summed E-state index contributed by atoms with van der Waals surface area (Å²) in [5.74, 6) is 0.969. The second-order valence-electron chi connectivity index (χ2n) is 1.16. The summed E-state index contributed by atoms with van der Waals surface area (Å²) in [5, 5.41) is 9.81. The minimum atomic E-state index is 0.854. The topological polar surface area (TPSA) is 23.8 Å². The molecule has 0 aromatic heterocycles. The van der Waals surface area contributed by atoms with Crippen molar-refractivity contribution in [1.82, 2.24) is 0 Å². The number of nitrogens with zero attached hydrogens (tertiary/aromatic N) is 1. The van der Waals surface area contributed by atoms with Gasteiger partial charge >= 0.3 is 0 Å². The van der Waals surface area contributed by atoms with Crippen LogP contribution in [0.3, 0.4) is 0 Å². The summed E-state index contributed by atoms with van der Waals surface area (Å²) in [6, 6.07) is 1.95. The van der Waals surface area contributed by atoms with Gasteiger partial charge in [-0.15, -0.1) is 11.8 Å². The monoisotopic (exact) mass is 126 g/mol. The van der Waals surface area contributed by atoms with E-state index in [-0.39, 0.29) is 0 Å². The van der Waals surface area contributed by atoms with Crippen LogP contribution in [-0.2, 0) is 0 Å². The molecule has 0 rings (SSSR count). The second-order valence-corrected chi connectivity index (χ2v) is 2.23. The molecule has 0 atom stereocenters. The third-order valence-electron chi connectivity index (χ3n) is 0.589. The second kappa shape index (κ2) is 6.58. The number of nitriles is 1. The van der Waals surface area contributed by atoms with Gasteiger partial charge in [0.15, 0.2) is 0 Å². The summed E-state index contributed by atoms with van der Waals surface area (Å²) in [6.45, 7) is 3.52. The highest BCUT2D eigenvalue weighted by Gasteiger charge is 1.82. The molecule has 0 spiro atoms. The maximum absolute atomic E-state index is 8.02. The first-order valence-electron chi connectivity index (χ1n) is 2.35. The van der Waals surface area contributed by atoms with E-state index in [9.17, 15) is 0 Å². The predicted octanol–water partition coefficient (Wildman–Crippen LogP) is 1.98. The maximum atomic E-state index is 8.02. The lowest BCUT2D eigenvalue weighted by Crippen LogP contribution is -1.74. The summed E-state index contributed by atoms with van der Waals surface area (Å²) in [6.07, 6.45) is 2.45. The molecule has 0 aromatic rings. The van der Waals surface area contributed by atoms with Gasteiger partial charge in [0.1, 0.15) is 0 Å². The van der Waals surface area contributed by atoms with Gasteiger partial charge in [-0.3, -0.25) is 0 Å². The van der Waals surface area contributed by atoms with Gasteiger partial charge in [0.05, 0.1) is 12.5 Å². The Labute approximate surface area is 54.4 Å². The van der Waals surface area contributed by atoms with Crippen molar-refractivity contribution in [3.8, 4) is 6.07 Å². The van der Waals surface area contributed by atoms with Gasteiger partial charge in [-0.25, -0.2) is 0 Å². The zero-order valence-electron chi connectivity index (χ0n) is 4.63. The average Bonchev–Trinajstić information content (AvgIpc) is 1.81. The van der Waals surface area contributed by atoms with Crippen LogP contribution in [0.4, 0.5) is 0 Å². The summed E-state index contributed by atoms with van der Waals surface area (Å²) < 4.78 is 0. The van der Waals surface area contributed by atoms with Gasteiger partial charge in [0, 0.05) is 0 Å². The zero-order valence-corrected chi connectivity index (χ0v) is 5.45. The molecule has 0 unspecified atom stereocenters. The molecular weight excluding hydrogens is 118 g/mol. The standard InChI is InChI=1S/C6H8NS/c1-2-8-6-4-3-5-7/h2-3H,1,4,6H2. The van der Waals surface area contributed by atoms with Crippen LogP contribution in [0.25, 0.3) is 0 Å². The van der Waals surface area contributed by atoms with E-state index in [1.807, 2.05) is 6.07 Å². The fourth-order valence-corrected chi connectivity index (χ4v) is 0.695. The van der Waals surface area contributed by atoms with Crippen LogP contribution in [0.1, 0.15) is 6.42 Å². The lowest BCUT2D eigenvalue weighted by Gasteiger charge is -1.86. The van der Waals surface area contributed by atoms with Gasteiger partial charge in [-0.2, -0.15) is 5.26 Å². The molecule has 0 N–H and O–H groups in total. The van der Waals surface area contributed by atoms with Crippen LogP contribution in [0.2, 0.25) is 0 Å².